The fourth-order valence-electron chi connectivity index (χ4n) is 5.62. The fourth-order valence-corrected chi connectivity index (χ4v) is 5.62. The molecule has 5 rings (SSSR count). The van der Waals surface area contributed by atoms with E-state index < -0.39 is 0 Å². The molecule has 6 nitrogen and oxygen atoms in total. The third kappa shape index (κ3) is 4.56. The molecule has 1 aromatic heterocycles. The number of nitrogens with zero attached hydrogens (tertiary/aromatic N) is 1. The van der Waals surface area contributed by atoms with Gasteiger partial charge in [0, 0.05) is 36.0 Å². The van der Waals surface area contributed by atoms with E-state index >= 15 is 0 Å². The van der Waals surface area contributed by atoms with Crippen LogP contribution < -0.4 is 20.9 Å². The van der Waals surface area contributed by atoms with Gasteiger partial charge in [0.1, 0.15) is 13.2 Å². The minimum atomic E-state index is 0. The van der Waals surface area contributed by atoms with Gasteiger partial charge < -0.3 is 25.7 Å². The van der Waals surface area contributed by atoms with E-state index in [1.807, 2.05) is 24.4 Å². The Morgan fingerprint density at radius 3 is 2.65 bits per heavy atom. The molecular weight excluding hydrogens is 390 g/mol. The third-order valence-corrected chi connectivity index (χ3v) is 7.12. The Balaban J connectivity index is 0.00000231. The summed E-state index contributed by atoms with van der Waals surface area (Å²) >= 11 is 0. The zero-order valence-corrected chi connectivity index (χ0v) is 18.4. The van der Waals surface area contributed by atoms with E-state index in [-0.39, 0.29) is 17.2 Å². The molecule has 2 aromatic rings. The van der Waals surface area contributed by atoms with Crippen LogP contribution in [0.4, 0.5) is 0 Å². The van der Waals surface area contributed by atoms with Crippen molar-refractivity contribution >= 4 is 0 Å². The zero-order chi connectivity index (χ0) is 20.3. The van der Waals surface area contributed by atoms with Crippen molar-refractivity contribution in [1.29, 1.82) is 0 Å². The van der Waals surface area contributed by atoms with Gasteiger partial charge in [-0.05, 0) is 56.8 Å². The summed E-state index contributed by atoms with van der Waals surface area (Å²) in [5.41, 5.74) is 2.56. The lowest BCUT2D eigenvalue weighted by molar-refractivity contribution is -0.104. The van der Waals surface area contributed by atoms with E-state index in [1.165, 1.54) is 36.9 Å². The Kier molecular flexibility index (Phi) is 6.80. The van der Waals surface area contributed by atoms with Gasteiger partial charge in [-0.1, -0.05) is 31.0 Å². The number of hydrogen-bond donors (Lipinski definition) is 2. The second-order valence-corrected chi connectivity index (χ2v) is 9.03. The van der Waals surface area contributed by atoms with Crippen LogP contribution in [0.1, 0.15) is 56.2 Å². The van der Waals surface area contributed by atoms with Crippen LogP contribution in [-0.2, 0) is 16.7 Å². The van der Waals surface area contributed by atoms with Crippen molar-refractivity contribution in [2.45, 2.75) is 62.5 Å². The smallest absolute Gasteiger partial charge is 0.165 e. The second kappa shape index (κ2) is 9.55. The van der Waals surface area contributed by atoms with Gasteiger partial charge in [-0.2, -0.15) is 0 Å². The van der Waals surface area contributed by atoms with Crippen molar-refractivity contribution in [3.05, 3.63) is 53.9 Å². The first kappa shape index (κ1) is 22.1. The van der Waals surface area contributed by atoms with Crippen molar-refractivity contribution in [1.82, 2.24) is 16.5 Å². The molecule has 1 aromatic carbocycles. The molecule has 1 atom stereocenters. The van der Waals surface area contributed by atoms with Crippen molar-refractivity contribution in [2.24, 2.45) is 0 Å². The summed E-state index contributed by atoms with van der Waals surface area (Å²) in [6.45, 7) is 3.81. The highest BCUT2D eigenvalue weighted by atomic mass is 16.6. The lowest BCUT2D eigenvalue weighted by Gasteiger charge is -2.46. The molecule has 6 heteroatoms. The summed E-state index contributed by atoms with van der Waals surface area (Å²) in [7, 11) is 0. The van der Waals surface area contributed by atoms with Gasteiger partial charge in [-0.15, -0.1) is 0 Å². The van der Waals surface area contributed by atoms with Crippen LogP contribution in [0.5, 0.6) is 11.5 Å². The van der Waals surface area contributed by atoms with Crippen LogP contribution in [0.3, 0.4) is 0 Å². The molecule has 0 radical (unpaired) electrons. The van der Waals surface area contributed by atoms with Crippen molar-refractivity contribution in [3.8, 4) is 11.5 Å². The Morgan fingerprint density at radius 2 is 1.81 bits per heavy atom. The maximum absolute atomic E-state index is 6.36. The number of rotatable bonds is 6. The molecule has 1 unspecified atom stereocenters. The van der Waals surface area contributed by atoms with Gasteiger partial charge in [0.15, 0.2) is 11.5 Å². The zero-order valence-electron chi connectivity index (χ0n) is 18.4. The lowest BCUT2D eigenvalue weighted by Crippen LogP contribution is -2.47. The largest absolute Gasteiger partial charge is 0.486 e. The van der Waals surface area contributed by atoms with E-state index in [0.717, 1.165) is 50.5 Å². The lowest BCUT2D eigenvalue weighted by atomic mass is 9.68. The molecular formula is C25H35N3O3. The van der Waals surface area contributed by atoms with E-state index in [2.05, 4.69) is 23.5 Å². The van der Waals surface area contributed by atoms with Crippen molar-refractivity contribution in [3.63, 3.8) is 0 Å². The number of fused-ring (bicyclic) bond motifs is 1. The molecule has 1 saturated carbocycles. The summed E-state index contributed by atoms with van der Waals surface area (Å²) in [6, 6.07) is 12.5. The van der Waals surface area contributed by atoms with Gasteiger partial charge in [-0.25, -0.2) is 0 Å². The number of hydrogen-bond acceptors (Lipinski definition) is 6. The number of pyridine rings is 1. The molecule has 0 bridgehead atoms. The van der Waals surface area contributed by atoms with Crippen molar-refractivity contribution in [2.75, 3.05) is 26.4 Å². The maximum Gasteiger partial charge on any atom is 0.165 e. The molecule has 31 heavy (non-hydrogen) atoms. The maximum atomic E-state index is 6.36. The summed E-state index contributed by atoms with van der Waals surface area (Å²) in [5, 5.41) is 3.67. The standard InChI is InChI=1S/C25H32N2O3.H3N/c1-4-13-27-22(8-1)24(12-15-30-25(19-24)9-2-3-10-25)11-14-26-18-20-6-5-7-21-23(20)29-17-16-28-21;/h1,4-8,13,26H,2-3,9-12,14-19H2;1H3. The quantitative estimate of drug-likeness (QED) is 0.660. The highest BCUT2D eigenvalue weighted by molar-refractivity contribution is 5.47. The molecule has 1 saturated heterocycles. The van der Waals surface area contributed by atoms with Crippen LogP contribution in [0.2, 0.25) is 0 Å². The second-order valence-electron chi connectivity index (χ2n) is 9.03. The molecule has 3 heterocycles. The van der Waals surface area contributed by atoms with Crippen LogP contribution in [0.25, 0.3) is 0 Å². The predicted molar refractivity (Wildman–Crippen MR) is 121 cm³/mol. The molecule has 0 amide bonds. The van der Waals surface area contributed by atoms with E-state index in [4.69, 9.17) is 19.2 Å². The first-order chi connectivity index (χ1) is 14.8. The summed E-state index contributed by atoms with van der Waals surface area (Å²) in [5.74, 6) is 1.75. The number of ether oxygens (including phenoxy) is 3. The first-order valence-electron chi connectivity index (χ1n) is 11.4. The predicted octanol–water partition coefficient (Wildman–Crippen LogP) is 4.56. The molecule has 2 aliphatic heterocycles. The number of benzene rings is 1. The monoisotopic (exact) mass is 425 g/mol. The van der Waals surface area contributed by atoms with Gasteiger partial charge in [0.05, 0.1) is 5.60 Å². The van der Waals surface area contributed by atoms with Crippen LogP contribution in [0, 0.1) is 0 Å². The molecule has 1 spiro atoms. The van der Waals surface area contributed by atoms with Crippen molar-refractivity contribution < 1.29 is 14.2 Å². The van der Waals surface area contributed by atoms with E-state index in [1.54, 1.807) is 0 Å². The topological polar surface area (TPSA) is 87.6 Å². The van der Waals surface area contributed by atoms with E-state index in [9.17, 15) is 0 Å². The number of aromatic nitrogens is 1. The molecule has 3 aliphatic rings. The normalized spacial score (nSPS) is 24.0. The Morgan fingerprint density at radius 1 is 0.935 bits per heavy atom. The van der Waals surface area contributed by atoms with E-state index in [0.29, 0.717) is 13.2 Å². The highest BCUT2D eigenvalue weighted by Gasteiger charge is 2.48. The first-order valence-corrected chi connectivity index (χ1v) is 11.4. The highest BCUT2D eigenvalue weighted by Crippen LogP contribution is 2.49. The summed E-state index contributed by atoms with van der Waals surface area (Å²) in [4.78, 5) is 4.80. The molecule has 2 fully saturated rings. The van der Waals surface area contributed by atoms with Gasteiger partial charge in [0.2, 0.25) is 0 Å². The van der Waals surface area contributed by atoms with Crippen LogP contribution in [-0.4, -0.2) is 37.0 Å². The average molecular weight is 426 g/mol. The van der Waals surface area contributed by atoms with Gasteiger partial charge in [0.25, 0.3) is 0 Å². The number of para-hydroxylation sites is 1. The van der Waals surface area contributed by atoms with Gasteiger partial charge >= 0.3 is 0 Å². The molecule has 1 aliphatic carbocycles. The minimum absolute atomic E-state index is 0. The molecule has 4 N–H and O–H groups in total. The average Bonchev–Trinajstić information content (AvgIpc) is 3.24. The van der Waals surface area contributed by atoms with Gasteiger partial charge in [-0.3, -0.25) is 4.98 Å². The van der Waals surface area contributed by atoms with Crippen LogP contribution >= 0.6 is 0 Å². The summed E-state index contributed by atoms with van der Waals surface area (Å²) < 4.78 is 17.9. The Bertz CT molecular complexity index is 854. The fraction of sp³-hybridized carbons (Fsp3) is 0.560. The SMILES string of the molecule is N.c1ccc(C2(CCNCc3cccc4c3OCCO4)CCOC3(CCCC3)C2)nc1. The molecule has 168 valence electrons. The Hall–Kier alpha value is -2.15. The minimum Gasteiger partial charge on any atom is -0.486 e. The third-order valence-electron chi connectivity index (χ3n) is 7.12. The van der Waals surface area contributed by atoms with Crippen LogP contribution in [0.15, 0.2) is 42.6 Å². The Labute approximate surface area is 185 Å². The summed E-state index contributed by atoms with van der Waals surface area (Å²) in [6.07, 6.45) is 10.1. The number of nitrogens with one attached hydrogen (secondary N) is 1.